The van der Waals surface area contributed by atoms with Crippen molar-refractivity contribution in [2.75, 3.05) is 24.6 Å². The lowest BCUT2D eigenvalue weighted by molar-refractivity contribution is -0.136. The fourth-order valence-electron chi connectivity index (χ4n) is 3.48. The number of hydrogen-bond donors (Lipinski definition) is 0. The second-order valence-corrected chi connectivity index (χ2v) is 8.56. The van der Waals surface area contributed by atoms with Crippen LogP contribution in [0, 0.1) is 19.8 Å². The Morgan fingerprint density at radius 2 is 2.05 bits per heavy atom. The van der Waals surface area contributed by atoms with Crippen molar-refractivity contribution in [1.29, 1.82) is 0 Å². The van der Waals surface area contributed by atoms with Gasteiger partial charge in [-0.3, -0.25) is 4.79 Å². The first-order valence-corrected chi connectivity index (χ1v) is 9.57. The number of carbonyl (C=O) groups is 1. The first kappa shape index (κ1) is 15.5. The fourth-order valence-corrected chi connectivity index (χ4v) is 5.22. The summed E-state index contributed by atoms with van der Waals surface area (Å²) < 4.78 is 25.0. The minimum absolute atomic E-state index is 0.00839. The van der Waals surface area contributed by atoms with E-state index in [0.717, 1.165) is 24.5 Å². The molecule has 1 aromatic heterocycles. The van der Waals surface area contributed by atoms with Gasteiger partial charge in [0, 0.05) is 13.1 Å². The minimum Gasteiger partial charge on any atom is -0.340 e. The van der Waals surface area contributed by atoms with E-state index in [1.54, 1.807) is 0 Å². The summed E-state index contributed by atoms with van der Waals surface area (Å²) in [6.07, 6.45) is 2.34. The summed E-state index contributed by atoms with van der Waals surface area (Å²) in [6.45, 7) is 5.08. The quantitative estimate of drug-likeness (QED) is 0.790. The van der Waals surface area contributed by atoms with Crippen LogP contribution in [0.15, 0.2) is 0 Å². The Morgan fingerprint density at radius 1 is 1.27 bits per heavy atom. The largest absolute Gasteiger partial charge is 0.340 e. The van der Waals surface area contributed by atoms with Crippen molar-refractivity contribution in [2.45, 2.75) is 39.2 Å². The zero-order chi connectivity index (χ0) is 15.9. The van der Waals surface area contributed by atoms with Gasteiger partial charge in [-0.2, -0.15) is 5.10 Å². The molecule has 2 atom stereocenters. The number of hydrogen-bond acceptors (Lipinski definition) is 5. The second-order valence-electron chi connectivity index (χ2n) is 6.33. The Bertz CT molecular complexity index is 682. The first-order chi connectivity index (χ1) is 10.4. The molecule has 1 aromatic rings. The van der Waals surface area contributed by atoms with Gasteiger partial charge >= 0.3 is 0 Å². The molecule has 2 fully saturated rings. The molecule has 1 amide bonds. The lowest BCUT2D eigenvalue weighted by Crippen LogP contribution is -2.44. The monoisotopic (exact) mass is 326 g/mol. The number of amides is 1. The Hall–Kier alpha value is -1.44. The summed E-state index contributed by atoms with van der Waals surface area (Å²) >= 11 is 0. The van der Waals surface area contributed by atoms with E-state index in [2.05, 4.69) is 10.1 Å². The van der Waals surface area contributed by atoms with Crippen LogP contribution in [0.4, 0.5) is 0 Å². The molecule has 0 N–H and O–H groups in total. The standard InChI is InChI=1S/C14H22N4O3S/c1-10-15-11(2)18(16-10)13-4-3-6-17(8-13)14(19)12-5-7-22(20,21)9-12/h12-13H,3-9H2,1-2H3/t12-,13-/m0/s1. The summed E-state index contributed by atoms with van der Waals surface area (Å²) in [4.78, 5) is 18.7. The van der Waals surface area contributed by atoms with Gasteiger partial charge in [0.05, 0.1) is 23.5 Å². The van der Waals surface area contributed by atoms with Crippen molar-refractivity contribution >= 4 is 15.7 Å². The third kappa shape index (κ3) is 3.02. The van der Waals surface area contributed by atoms with E-state index in [0.29, 0.717) is 19.5 Å². The Kier molecular flexibility index (Phi) is 3.96. The maximum Gasteiger partial charge on any atom is 0.226 e. The molecule has 3 heterocycles. The van der Waals surface area contributed by atoms with Crippen molar-refractivity contribution in [3.63, 3.8) is 0 Å². The third-order valence-corrected chi connectivity index (χ3v) is 6.31. The highest BCUT2D eigenvalue weighted by Gasteiger charge is 2.37. The highest BCUT2D eigenvalue weighted by Crippen LogP contribution is 2.26. The average Bonchev–Trinajstić information content (AvgIpc) is 3.00. The van der Waals surface area contributed by atoms with E-state index in [-0.39, 0.29) is 29.4 Å². The van der Waals surface area contributed by atoms with E-state index in [9.17, 15) is 13.2 Å². The van der Waals surface area contributed by atoms with Crippen LogP contribution in [0.25, 0.3) is 0 Å². The summed E-state index contributed by atoms with van der Waals surface area (Å²) in [5.74, 6) is 1.38. The van der Waals surface area contributed by atoms with Crippen molar-refractivity contribution in [3.8, 4) is 0 Å². The molecule has 122 valence electrons. The molecule has 7 nitrogen and oxygen atoms in total. The predicted octanol–water partition coefficient (Wildman–Crippen LogP) is 0.493. The van der Waals surface area contributed by atoms with Crippen molar-refractivity contribution in [3.05, 3.63) is 11.6 Å². The molecule has 2 aliphatic heterocycles. The lowest BCUT2D eigenvalue weighted by atomic mass is 10.0. The van der Waals surface area contributed by atoms with Crippen LogP contribution in [0.3, 0.4) is 0 Å². The molecule has 8 heteroatoms. The summed E-state index contributed by atoms with van der Waals surface area (Å²) in [5.41, 5.74) is 0. The number of likely N-dealkylation sites (tertiary alicyclic amines) is 1. The second kappa shape index (κ2) is 5.64. The zero-order valence-corrected chi connectivity index (χ0v) is 13.8. The number of rotatable bonds is 2. The van der Waals surface area contributed by atoms with E-state index < -0.39 is 9.84 Å². The molecule has 0 saturated carbocycles. The van der Waals surface area contributed by atoms with E-state index in [1.807, 2.05) is 23.4 Å². The van der Waals surface area contributed by atoms with Crippen LogP contribution in [0.2, 0.25) is 0 Å². The first-order valence-electron chi connectivity index (χ1n) is 7.75. The summed E-state index contributed by atoms with van der Waals surface area (Å²) in [5, 5.41) is 4.42. The van der Waals surface area contributed by atoms with Crippen molar-refractivity contribution < 1.29 is 13.2 Å². The van der Waals surface area contributed by atoms with E-state index >= 15 is 0 Å². The zero-order valence-electron chi connectivity index (χ0n) is 13.0. The fraction of sp³-hybridized carbons (Fsp3) is 0.786. The van der Waals surface area contributed by atoms with Crippen LogP contribution < -0.4 is 0 Å². The van der Waals surface area contributed by atoms with Gasteiger partial charge in [0.2, 0.25) is 5.91 Å². The maximum absolute atomic E-state index is 12.6. The smallest absolute Gasteiger partial charge is 0.226 e. The van der Waals surface area contributed by atoms with E-state index in [4.69, 9.17) is 0 Å². The molecule has 3 rings (SSSR count). The lowest BCUT2D eigenvalue weighted by Gasteiger charge is -2.34. The van der Waals surface area contributed by atoms with Crippen molar-refractivity contribution in [2.24, 2.45) is 5.92 Å². The molecule has 2 saturated heterocycles. The molecular weight excluding hydrogens is 304 g/mol. The van der Waals surface area contributed by atoms with Crippen LogP contribution in [-0.2, 0) is 14.6 Å². The minimum atomic E-state index is -3.02. The van der Waals surface area contributed by atoms with Gasteiger partial charge in [-0.1, -0.05) is 0 Å². The van der Waals surface area contributed by atoms with Gasteiger partial charge in [-0.05, 0) is 33.1 Å². The van der Waals surface area contributed by atoms with Gasteiger partial charge in [-0.15, -0.1) is 0 Å². The van der Waals surface area contributed by atoms with Gasteiger partial charge < -0.3 is 4.90 Å². The molecule has 2 aliphatic rings. The number of sulfone groups is 1. The molecule has 0 bridgehead atoms. The van der Waals surface area contributed by atoms with E-state index in [1.165, 1.54) is 0 Å². The third-order valence-electron chi connectivity index (χ3n) is 4.54. The van der Waals surface area contributed by atoms with Gasteiger partial charge in [0.15, 0.2) is 9.84 Å². The molecular formula is C14H22N4O3S. The van der Waals surface area contributed by atoms with Gasteiger partial charge in [0.25, 0.3) is 0 Å². The summed E-state index contributed by atoms with van der Waals surface area (Å²) in [6, 6.07) is 0.136. The van der Waals surface area contributed by atoms with Crippen LogP contribution in [0.1, 0.15) is 37.0 Å². The average molecular weight is 326 g/mol. The Morgan fingerprint density at radius 3 is 2.64 bits per heavy atom. The summed E-state index contributed by atoms with van der Waals surface area (Å²) in [7, 11) is -3.02. The highest BCUT2D eigenvalue weighted by atomic mass is 32.2. The SMILES string of the molecule is Cc1nc(C)n([C@H]2CCCN(C(=O)[C@H]3CCS(=O)(=O)C3)C2)n1. The predicted molar refractivity (Wildman–Crippen MR) is 81.1 cm³/mol. The van der Waals surface area contributed by atoms with Crippen LogP contribution in [-0.4, -0.2) is 58.6 Å². The van der Waals surface area contributed by atoms with Gasteiger partial charge in [-0.25, -0.2) is 18.1 Å². The number of aryl methyl sites for hydroxylation is 2. The Labute approximate surface area is 130 Å². The number of aromatic nitrogens is 3. The molecule has 0 radical (unpaired) electrons. The number of piperidine rings is 1. The molecule has 22 heavy (non-hydrogen) atoms. The van der Waals surface area contributed by atoms with Crippen molar-refractivity contribution in [1.82, 2.24) is 19.7 Å². The number of carbonyl (C=O) groups excluding carboxylic acids is 1. The highest BCUT2D eigenvalue weighted by molar-refractivity contribution is 7.91. The van der Waals surface area contributed by atoms with Crippen LogP contribution >= 0.6 is 0 Å². The topological polar surface area (TPSA) is 85.2 Å². The number of nitrogens with zero attached hydrogens (tertiary/aromatic N) is 4. The van der Waals surface area contributed by atoms with Gasteiger partial charge in [0.1, 0.15) is 11.6 Å². The molecule has 0 unspecified atom stereocenters. The normalized spacial score (nSPS) is 28.0. The molecule has 0 spiro atoms. The molecule has 0 aromatic carbocycles. The molecule has 0 aliphatic carbocycles. The maximum atomic E-state index is 12.6. The Balaban J connectivity index is 1.71. The van der Waals surface area contributed by atoms with Crippen LogP contribution in [0.5, 0.6) is 0 Å².